The second-order valence-corrected chi connectivity index (χ2v) is 10.1. The second kappa shape index (κ2) is 8.52. The van der Waals surface area contributed by atoms with E-state index in [0.29, 0.717) is 0 Å². The standard InChI is InChI=1S/C36H24N4/c1-3-9-31-23(2)29-20-25-21-34-28-12-5-4-10-26(28)27-11-6-7-14-32(27)39(34)33(25)22-35(29)40(31)36-15-8-13-30(38-36)24-16-18-37-19-17-24/h3-22H,1-2H2/b31-9+. The van der Waals surface area contributed by atoms with Crippen molar-refractivity contribution in [3.8, 4) is 17.1 Å². The summed E-state index contributed by atoms with van der Waals surface area (Å²) < 4.78 is 4.59. The van der Waals surface area contributed by atoms with Crippen molar-refractivity contribution in [1.29, 1.82) is 0 Å². The van der Waals surface area contributed by atoms with E-state index < -0.39 is 0 Å². The minimum absolute atomic E-state index is 0.831. The first-order chi connectivity index (χ1) is 19.7. The molecule has 0 saturated heterocycles. The summed E-state index contributed by atoms with van der Waals surface area (Å²) in [4.78, 5) is 9.25. The molecule has 5 aromatic heterocycles. The van der Waals surface area contributed by atoms with E-state index in [1.54, 1.807) is 12.4 Å². The zero-order chi connectivity index (χ0) is 26.8. The maximum atomic E-state index is 5.09. The number of hydrogen-bond acceptors (Lipinski definition) is 2. The fourth-order valence-corrected chi connectivity index (χ4v) is 6.13. The van der Waals surface area contributed by atoms with E-state index in [9.17, 15) is 0 Å². The molecule has 0 bridgehead atoms. The largest absolute Gasteiger partial charge is 0.309 e. The Labute approximate surface area is 230 Å². The molecule has 8 rings (SSSR count). The van der Waals surface area contributed by atoms with Crippen molar-refractivity contribution in [2.24, 2.45) is 0 Å². The molecule has 0 atom stereocenters. The number of aromatic nitrogens is 4. The number of hydrogen-bond donors (Lipinski definition) is 0. The minimum atomic E-state index is 0.831. The van der Waals surface area contributed by atoms with Crippen LogP contribution in [0.15, 0.2) is 122 Å². The van der Waals surface area contributed by atoms with E-state index in [-0.39, 0.29) is 0 Å². The first-order valence-electron chi connectivity index (χ1n) is 13.3. The molecule has 4 nitrogen and oxygen atoms in total. The Hall–Kier alpha value is -5.48. The molecular weight excluding hydrogens is 488 g/mol. The third-order valence-corrected chi connectivity index (χ3v) is 7.89. The number of para-hydroxylation sites is 1. The first kappa shape index (κ1) is 22.5. The van der Waals surface area contributed by atoms with E-state index in [2.05, 4.69) is 99.9 Å². The summed E-state index contributed by atoms with van der Waals surface area (Å²) in [7, 11) is 0. The summed E-state index contributed by atoms with van der Waals surface area (Å²) in [6, 6.07) is 34.3. The van der Waals surface area contributed by atoms with Crippen LogP contribution in [0.3, 0.4) is 0 Å². The third-order valence-electron chi connectivity index (χ3n) is 7.89. The Balaban J connectivity index is 1.52. The Kier molecular flexibility index (Phi) is 4.79. The van der Waals surface area contributed by atoms with Gasteiger partial charge in [-0.2, -0.15) is 0 Å². The van der Waals surface area contributed by atoms with Crippen molar-refractivity contribution in [2.45, 2.75) is 0 Å². The maximum Gasteiger partial charge on any atom is 0.138 e. The highest BCUT2D eigenvalue weighted by Gasteiger charge is 2.16. The van der Waals surface area contributed by atoms with E-state index in [1.807, 2.05) is 36.4 Å². The zero-order valence-electron chi connectivity index (χ0n) is 21.8. The van der Waals surface area contributed by atoms with Crippen LogP contribution in [0, 0.1) is 0 Å². The third kappa shape index (κ3) is 3.13. The highest BCUT2D eigenvalue weighted by molar-refractivity contribution is 6.16. The van der Waals surface area contributed by atoms with Crippen LogP contribution in [0.25, 0.3) is 78.7 Å². The molecule has 0 N–H and O–H groups in total. The van der Waals surface area contributed by atoms with E-state index in [0.717, 1.165) is 44.1 Å². The molecular formula is C36H24N4. The number of allylic oxidation sites excluding steroid dienone is 1. The van der Waals surface area contributed by atoms with Crippen molar-refractivity contribution in [2.75, 3.05) is 0 Å². The molecule has 8 aromatic rings. The van der Waals surface area contributed by atoms with Crippen molar-refractivity contribution in [3.63, 3.8) is 0 Å². The predicted octanol–water partition coefficient (Wildman–Crippen LogP) is 7.18. The Bertz CT molecular complexity index is 2410. The smallest absolute Gasteiger partial charge is 0.138 e. The number of rotatable bonds is 3. The van der Waals surface area contributed by atoms with E-state index in [1.165, 1.54) is 32.6 Å². The summed E-state index contributed by atoms with van der Waals surface area (Å²) in [6.45, 7) is 8.50. The average molecular weight is 513 g/mol. The lowest BCUT2D eigenvalue weighted by atomic mass is 10.1. The van der Waals surface area contributed by atoms with Crippen molar-refractivity contribution >= 4 is 61.7 Å². The summed E-state index contributed by atoms with van der Waals surface area (Å²) in [5.74, 6) is 0.831. The molecule has 0 aliphatic carbocycles. The van der Waals surface area contributed by atoms with Gasteiger partial charge in [0, 0.05) is 44.7 Å². The summed E-state index contributed by atoms with van der Waals surface area (Å²) in [6.07, 6.45) is 7.42. The van der Waals surface area contributed by atoms with Gasteiger partial charge in [-0.25, -0.2) is 4.98 Å². The normalized spacial score (nSPS) is 12.3. The van der Waals surface area contributed by atoms with Gasteiger partial charge in [-0.1, -0.05) is 67.8 Å². The number of benzene rings is 3. The van der Waals surface area contributed by atoms with Crippen LogP contribution in [-0.2, 0) is 0 Å². The number of fused-ring (bicyclic) bond motifs is 9. The highest BCUT2D eigenvalue weighted by Crippen LogP contribution is 2.35. The SMILES string of the molecule is C=C/C=c1\c(=C)c2cc3cc4c5ccccc5c5ccccc5n4c3cc2n1-c1cccc(-c2ccncc2)n1. The van der Waals surface area contributed by atoms with Gasteiger partial charge in [-0.15, -0.1) is 0 Å². The molecule has 0 radical (unpaired) electrons. The van der Waals surface area contributed by atoms with Gasteiger partial charge in [-0.05, 0) is 60.0 Å². The van der Waals surface area contributed by atoms with Crippen LogP contribution < -0.4 is 10.6 Å². The van der Waals surface area contributed by atoms with Crippen LogP contribution in [-0.4, -0.2) is 18.9 Å². The molecule has 0 fully saturated rings. The summed E-state index contributed by atoms with van der Waals surface area (Å²) in [5, 5.41) is 7.96. The Morgan fingerprint density at radius 3 is 2.20 bits per heavy atom. The minimum Gasteiger partial charge on any atom is -0.309 e. The molecule has 3 aromatic carbocycles. The number of pyridine rings is 3. The highest BCUT2D eigenvalue weighted by atomic mass is 15.1. The molecule has 0 saturated carbocycles. The monoisotopic (exact) mass is 512 g/mol. The van der Waals surface area contributed by atoms with Gasteiger partial charge in [0.2, 0.25) is 0 Å². The van der Waals surface area contributed by atoms with Gasteiger partial charge < -0.3 is 4.40 Å². The molecule has 4 heteroatoms. The lowest BCUT2D eigenvalue weighted by molar-refractivity contribution is 1.01. The fourth-order valence-electron chi connectivity index (χ4n) is 6.13. The lowest BCUT2D eigenvalue weighted by Gasteiger charge is -2.11. The zero-order valence-corrected chi connectivity index (χ0v) is 21.8. The van der Waals surface area contributed by atoms with Gasteiger partial charge in [0.1, 0.15) is 5.82 Å². The molecule has 0 amide bonds. The summed E-state index contributed by atoms with van der Waals surface area (Å²) >= 11 is 0. The van der Waals surface area contributed by atoms with Gasteiger partial charge in [0.05, 0.1) is 33.1 Å². The average Bonchev–Trinajstić information content (AvgIpc) is 3.52. The van der Waals surface area contributed by atoms with Gasteiger partial charge in [0.25, 0.3) is 0 Å². The van der Waals surface area contributed by atoms with Crippen LogP contribution >= 0.6 is 0 Å². The van der Waals surface area contributed by atoms with E-state index in [4.69, 9.17) is 4.98 Å². The van der Waals surface area contributed by atoms with Crippen LogP contribution in [0.2, 0.25) is 0 Å². The van der Waals surface area contributed by atoms with Crippen molar-refractivity contribution in [3.05, 3.63) is 133 Å². The van der Waals surface area contributed by atoms with E-state index >= 15 is 0 Å². The Morgan fingerprint density at radius 2 is 1.40 bits per heavy atom. The van der Waals surface area contributed by atoms with Crippen molar-refractivity contribution in [1.82, 2.24) is 18.9 Å². The molecule has 188 valence electrons. The van der Waals surface area contributed by atoms with Gasteiger partial charge in [0.15, 0.2) is 0 Å². The molecule has 0 aliphatic heterocycles. The quantitative estimate of drug-likeness (QED) is 0.235. The maximum absolute atomic E-state index is 5.09. The molecule has 5 heterocycles. The predicted molar refractivity (Wildman–Crippen MR) is 167 cm³/mol. The van der Waals surface area contributed by atoms with Crippen LogP contribution in [0.1, 0.15) is 0 Å². The molecule has 0 aliphatic rings. The van der Waals surface area contributed by atoms with Crippen LogP contribution in [0.4, 0.5) is 0 Å². The van der Waals surface area contributed by atoms with Gasteiger partial charge in [-0.3, -0.25) is 9.55 Å². The Morgan fingerprint density at radius 1 is 0.650 bits per heavy atom. The lowest BCUT2D eigenvalue weighted by Crippen LogP contribution is -2.27. The fraction of sp³-hybridized carbons (Fsp3) is 0. The van der Waals surface area contributed by atoms with Gasteiger partial charge >= 0.3 is 0 Å². The van der Waals surface area contributed by atoms with Crippen molar-refractivity contribution < 1.29 is 0 Å². The second-order valence-electron chi connectivity index (χ2n) is 10.1. The molecule has 0 unspecified atom stereocenters. The van der Waals surface area contributed by atoms with Crippen LogP contribution in [0.5, 0.6) is 0 Å². The summed E-state index contributed by atoms with van der Waals surface area (Å²) in [5.41, 5.74) is 6.51. The molecule has 40 heavy (non-hydrogen) atoms. The topological polar surface area (TPSA) is 35.1 Å². The first-order valence-corrected chi connectivity index (χ1v) is 13.3. The molecule has 0 spiro atoms. The number of nitrogens with zero attached hydrogens (tertiary/aromatic N) is 4.